The van der Waals surface area contributed by atoms with Gasteiger partial charge in [0.25, 0.3) is 0 Å². The highest BCUT2D eigenvalue weighted by atomic mass is 16.5. The minimum atomic E-state index is 0.437. The number of aromatic nitrogens is 5. The average Bonchev–Trinajstić information content (AvgIpc) is 3.01. The highest BCUT2D eigenvalue weighted by molar-refractivity contribution is 5.43. The SMILES string of the molecule is COCc1nc(C)cc(N2CCN(c3ncn[nH]3)CC2)n1. The number of anilines is 2. The van der Waals surface area contributed by atoms with Gasteiger partial charge in [-0.05, 0) is 6.92 Å². The predicted molar refractivity (Wildman–Crippen MR) is 78.3 cm³/mol. The summed E-state index contributed by atoms with van der Waals surface area (Å²) in [6.07, 6.45) is 1.53. The standard InChI is InChI=1S/C13H19N7O/c1-10-7-12(17-11(16-10)8-21-2)19-3-5-20(6-4-19)13-14-9-15-18-13/h7,9H,3-6,8H2,1-2H3,(H,14,15,18). The zero-order valence-corrected chi connectivity index (χ0v) is 12.3. The van der Waals surface area contributed by atoms with E-state index < -0.39 is 0 Å². The topological polar surface area (TPSA) is 83.1 Å². The number of ether oxygens (including phenoxy) is 1. The van der Waals surface area contributed by atoms with Gasteiger partial charge in [0, 0.05) is 45.0 Å². The molecule has 0 aliphatic carbocycles. The van der Waals surface area contributed by atoms with Gasteiger partial charge in [0.1, 0.15) is 18.8 Å². The molecule has 8 heteroatoms. The third-order valence-corrected chi connectivity index (χ3v) is 3.47. The maximum atomic E-state index is 5.12. The summed E-state index contributed by atoms with van der Waals surface area (Å²) in [5.74, 6) is 2.52. The first-order valence-electron chi connectivity index (χ1n) is 6.95. The number of rotatable bonds is 4. The molecule has 0 aromatic carbocycles. The second-order valence-electron chi connectivity index (χ2n) is 5.00. The van der Waals surface area contributed by atoms with Gasteiger partial charge in [-0.3, -0.25) is 0 Å². The summed E-state index contributed by atoms with van der Waals surface area (Å²) in [7, 11) is 1.65. The normalized spacial score (nSPS) is 15.5. The van der Waals surface area contributed by atoms with Crippen molar-refractivity contribution in [1.29, 1.82) is 0 Å². The molecule has 3 heterocycles. The van der Waals surface area contributed by atoms with E-state index in [1.165, 1.54) is 6.33 Å². The minimum Gasteiger partial charge on any atom is -0.377 e. The van der Waals surface area contributed by atoms with Crippen LogP contribution in [0.15, 0.2) is 12.4 Å². The molecule has 1 aliphatic heterocycles. The van der Waals surface area contributed by atoms with Crippen LogP contribution >= 0.6 is 0 Å². The highest BCUT2D eigenvalue weighted by Gasteiger charge is 2.20. The number of aromatic amines is 1. The van der Waals surface area contributed by atoms with Crippen molar-refractivity contribution in [3.8, 4) is 0 Å². The molecular weight excluding hydrogens is 270 g/mol. The fourth-order valence-corrected chi connectivity index (χ4v) is 2.47. The van der Waals surface area contributed by atoms with Crippen molar-refractivity contribution >= 4 is 11.8 Å². The Bertz CT molecular complexity index is 578. The van der Waals surface area contributed by atoms with E-state index in [1.807, 2.05) is 13.0 Å². The summed E-state index contributed by atoms with van der Waals surface area (Å²) in [6.45, 7) is 5.98. The van der Waals surface area contributed by atoms with Crippen molar-refractivity contribution in [2.45, 2.75) is 13.5 Å². The van der Waals surface area contributed by atoms with Gasteiger partial charge in [0.05, 0.1) is 0 Å². The number of nitrogens with zero attached hydrogens (tertiary/aromatic N) is 6. The number of H-pyrrole nitrogens is 1. The molecule has 2 aromatic rings. The van der Waals surface area contributed by atoms with Crippen molar-refractivity contribution < 1.29 is 4.74 Å². The molecule has 0 atom stereocenters. The summed E-state index contributed by atoms with van der Waals surface area (Å²) in [6, 6.07) is 2.02. The molecule has 0 unspecified atom stereocenters. The Morgan fingerprint density at radius 3 is 2.62 bits per heavy atom. The van der Waals surface area contributed by atoms with Crippen LogP contribution in [-0.4, -0.2) is 58.4 Å². The summed E-state index contributed by atoms with van der Waals surface area (Å²) >= 11 is 0. The lowest BCUT2D eigenvalue weighted by atomic mass is 10.3. The van der Waals surface area contributed by atoms with Crippen molar-refractivity contribution in [2.24, 2.45) is 0 Å². The summed E-state index contributed by atoms with van der Waals surface area (Å²) in [4.78, 5) is 17.6. The molecule has 0 amide bonds. The zero-order chi connectivity index (χ0) is 14.7. The molecule has 0 radical (unpaired) electrons. The lowest BCUT2D eigenvalue weighted by Gasteiger charge is -2.35. The molecule has 0 bridgehead atoms. The second-order valence-corrected chi connectivity index (χ2v) is 5.00. The molecule has 1 fully saturated rings. The van der Waals surface area contributed by atoms with E-state index in [0.717, 1.165) is 49.5 Å². The Morgan fingerprint density at radius 1 is 1.19 bits per heavy atom. The van der Waals surface area contributed by atoms with Crippen LogP contribution in [0.5, 0.6) is 0 Å². The van der Waals surface area contributed by atoms with E-state index in [2.05, 4.69) is 34.9 Å². The van der Waals surface area contributed by atoms with E-state index in [9.17, 15) is 0 Å². The molecule has 1 aliphatic rings. The Balaban J connectivity index is 1.69. The van der Waals surface area contributed by atoms with E-state index in [4.69, 9.17) is 4.74 Å². The Morgan fingerprint density at radius 2 is 1.95 bits per heavy atom. The van der Waals surface area contributed by atoms with Gasteiger partial charge >= 0.3 is 0 Å². The van der Waals surface area contributed by atoms with Gasteiger partial charge in [-0.1, -0.05) is 0 Å². The third-order valence-electron chi connectivity index (χ3n) is 3.47. The molecule has 2 aromatic heterocycles. The molecule has 0 spiro atoms. The second kappa shape index (κ2) is 6.04. The van der Waals surface area contributed by atoms with Gasteiger partial charge < -0.3 is 14.5 Å². The van der Waals surface area contributed by atoms with E-state index in [1.54, 1.807) is 7.11 Å². The summed E-state index contributed by atoms with van der Waals surface area (Å²) in [5.41, 5.74) is 0.963. The first-order chi connectivity index (χ1) is 10.3. The smallest absolute Gasteiger partial charge is 0.221 e. The highest BCUT2D eigenvalue weighted by Crippen LogP contribution is 2.17. The summed E-state index contributed by atoms with van der Waals surface area (Å²) < 4.78 is 5.12. The molecule has 8 nitrogen and oxygen atoms in total. The van der Waals surface area contributed by atoms with Crippen LogP contribution in [-0.2, 0) is 11.3 Å². The van der Waals surface area contributed by atoms with Crippen LogP contribution in [0.3, 0.4) is 0 Å². The average molecular weight is 289 g/mol. The third kappa shape index (κ3) is 3.10. The molecule has 0 saturated carbocycles. The van der Waals surface area contributed by atoms with E-state index in [-0.39, 0.29) is 0 Å². The number of piperazine rings is 1. The Kier molecular flexibility index (Phi) is 3.96. The van der Waals surface area contributed by atoms with Gasteiger partial charge in [0.15, 0.2) is 5.82 Å². The number of methoxy groups -OCH3 is 1. The number of hydrogen-bond donors (Lipinski definition) is 1. The van der Waals surface area contributed by atoms with Crippen LogP contribution in [0.25, 0.3) is 0 Å². The van der Waals surface area contributed by atoms with E-state index >= 15 is 0 Å². The van der Waals surface area contributed by atoms with Gasteiger partial charge in [-0.25, -0.2) is 15.1 Å². The molecular formula is C13H19N7O. The lowest BCUT2D eigenvalue weighted by molar-refractivity contribution is 0.177. The first kappa shape index (κ1) is 13.7. The fourth-order valence-electron chi connectivity index (χ4n) is 2.47. The van der Waals surface area contributed by atoms with Gasteiger partial charge in [0.2, 0.25) is 5.95 Å². The van der Waals surface area contributed by atoms with Crippen LogP contribution in [0.2, 0.25) is 0 Å². The van der Waals surface area contributed by atoms with Crippen LogP contribution in [0.1, 0.15) is 11.5 Å². The predicted octanol–water partition coefficient (Wildman–Crippen LogP) is 0.376. The van der Waals surface area contributed by atoms with Gasteiger partial charge in [-0.15, -0.1) is 0 Å². The van der Waals surface area contributed by atoms with Gasteiger partial charge in [-0.2, -0.15) is 10.1 Å². The lowest BCUT2D eigenvalue weighted by Crippen LogP contribution is -2.47. The Hall–Kier alpha value is -2.22. The number of aryl methyl sites for hydroxylation is 1. The van der Waals surface area contributed by atoms with Crippen molar-refractivity contribution in [2.75, 3.05) is 43.1 Å². The van der Waals surface area contributed by atoms with Crippen molar-refractivity contribution in [1.82, 2.24) is 25.1 Å². The van der Waals surface area contributed by atoms with Crippen molar-refractivity contribution in [3.05, 3.63) is 23.9 Å². The summed E-state index contributed by atoms with van der Waals surface area (Å²) in [5, 5.41) is 6.79. The molecule has 1 N–H and O–H groups in total. The largest absolute Gasteiger partial charge is 0.377 e. The van der Waals surface area contributed by atoms with E-state index in [0.29, 0.717) is 6.61 Å². The molecule has 112 valence electrons. The quantitative estimate of drug-likeness (QED) is 0.871. The monoisotopic (exact) mass is 289 g/mol. The number of nitrogens with one attached hydrogen (secondary N) is 1. The van der Waals surface area contributed by atoms with Crippen molar-refractivity contribution in [3.63, 3.8) is 0 Å². The molecule has 3 rings (SSSR count). The molecule has 21 heavy (non-hydrogen) atoms. The molecule has 1 saturated heterocycles. The number of hydrogen-bond acceptors (Lipinski definition) is 7. The zero-order valence-electron chi connectivity index (χ0n) is 12.3. The maximum absolute atomic E-state index is 5.12. The van der Waals surface area contributed by atoms with Crippen LogP contribution in [0.4, 0.5) is 11.8 Å². The first-order valence-corrected chi connectivity index (χ1v) is 6.95. The van der Waals surface area contributed by atoms with Crippen LogP contribution in [0, 0.1) is 6.92 Å². The van der Waals surface area contributed by atoms with Crippen LogP contribution < -0.4 is 9.80 Å². The fraction of sp³-hybridized carbons (Fsp3) is 0.538. The maximum Gasteiger partial charge on any atom is 0.221 e. The Labute approximate surface area is 123 Å². The minimum absolute atomic E-state index is 0.437.